The average Bonchev–Trinajstić information content (AvgIpc) is 3.63. The fraction of sp³-hybridized carbons (Fsp3) is 0.395. The maximum atomic E-state index is 14.9. The number of aromatic hydroxyl groups is 1. The van der Waals surface area contributed by atoms with Crippen LogP contribution in [0.1, 0.15) is 69.6 Å². The first kappa shape index (κ1) is 34.1. The standard InChI is InChI=1S/C38H35F3N8O5/c1-18-13-22(38(39,40)41)6-10-26(18)44-28(50)15-48-31-23-7-8-24(23)37(29(31)34(52)49-36(48)45-33(46-49)21-5-4-12-54-16-21)19(2)14-47(27-11-9-25(27)37)35(53)30-32(51)20(3)42-17-43-30/h5-8,10,13,17,23-25,27,51H,2,4,9,11-12,14-16H2,1,3H3,(H,44,50)/t23-,24+,25+,27-,37+/m0/s1. The first-order valence-electron chi connectivity index (χ1n) is 17.8. The summed E-state index contributed by atoms with van der Waals surface area (Å²) in [6.07, 6.45) is 4.71. The Morgan fingerprint density at radius 3 is 2.65 bits per heavy atom. The van der Waals surface area contributed by atoms with Crippen LogP contribution < -0.4 is 10.9 Å². The molecule has 278 valence electrons. The van der Waals surface area contributed by atoms with Crippen molar-refractivity contribution in [1.29, 1.82) is 0 Å². The lowest BCUT2D eigenvalue weighted by Crippen LogP contribution is -2.66. The number of hydrogen-bond acceptors (Lipinski definition) is 9. The zero-order valence-corrected chi connectivity index (χ0v) is 29.4. The molecule has 3 aliphatic carbocycles. The Labute approximate surface area is 305 Å². The van der Waals surface area contributed by atoms with E-state index in [4.69, 9.17) is 9.72 Å². The van der Waals surface area contributed by atoms with E-state index in [1.807, 2.05) is 12.2 Å². The van der Waals surface area contributed by atoms with Crippen molar-refractivity contribution in [2.24, 2.45) is 11.8 Å². The van der Waals surface area contributed by atoms with Gasteiger partial charge >= 0.3 is 6.18 Å². The third-order valence-electron chi connectivity index (χ3n) is 11.9. The molecule has 1 saturated heterocycles. The second-order valence-corrected chi connectivity index (χ2v) is 14.7. The summed E-state index contributed by atoms with van der Waals surface area (Å²) in [7, 11) is 0. The van der Waals surface area contributed by atoms with Gasteiger partial charge in [-0.25, -0.2) is 9.97 Å². The van der Waals surface area contributed by atoms with Gasteiger partial charge in [0.2, 0.25) is 11.7 Å². The number of hydrogen-bond donors (Lipinski definition) is 2. The summed E-state index contributed by atoms with van der Waals surface area (Å²) in [6.45, 7) is 8.20. The highest BCUT2D eigenvalue weighted by Gasteiger charge is 2.67. The average molecular weight is 741 g/mol. The van der Waals surface area contributed by atoms with E-state index in [1.54, 1.807) is 16.4 Å². The lowest BCUT2D eigenvalue weighted by Gasteiger charge is -2.60. The van der Waals surface area contributed by atoms with E-state index in [2.05, 4.69) is 33.0 Å². The number of rotatable bonds is 5. The number of alkyl halides is 3. The zero-order valence-electron chi connectivity index (χ0n) is 29.4. The molecule has 5 heterocycles. The van der Waals surface area contributed by atoms with E-state index < -0.39 is 34.5 Å². The normalized spacial score (nSPS) is 25.5. The van der Waals surface area contributed by atoms with Crippen molar-refractivity contribution in [2.75, 3.05) is 25.1 Å². The van der Waals surface area contributed by atoms with Crippen molar-refractivity contribution in [2.45, 2.75) is 63.2 Å². The highest BCUT2D eigenvalue weighted by atomic mass is 19.4. The minimum absolute atomic E-state index is 0.0976. The van der Waals surface area contributed by atoms with E-state index in [0.717, 1.165) is 12.1 Å². The Hall–Kier alpha value is -5.64. The molecular formula is C38H35F3N8O5. The highest BCUT2D eigenvalue weighted by Crippen LogP contribution is 2.67. The number of allylic oxidation sites excluding steroid dienone is 2. The van der Waals surface area contributed by atoms with Crippen LogP contribution in [-0.4, -0.2) is 76.8 Å². The molecule has 2 fully saturated rings. The number of likely N-dealkylation sites (tertiary alicyclic amines) is 1. The number of halogens is 3. The quantitative estimate of drug-likeness (QED) is 0.282. The number of anilines is 1. The second-order valence-electron chi connectivity index (χ2n) is 14.7. The minimum Gasteiger partial charge on any atom is -0.504 e. The largest absolute Gasteiger partial charge is 0.504 e. The minimum atomic E-state index is -4.54. The van der Waals surface area contributed by atoms with Crippen LogP contribution in [-0.2, 0) is 27.7 Å². The number of carbonyl (C=O) groups excluding carboxylic acids is 2. The van der Waals surface area contributed by atoms with Crippen LogP contribution in [0.5, 0.6) is 5.75 Å². The summed E-state index contributed by atoms with van der Waals surface area (Å²) in [5.41, 5.74) is 0.933. The van der Waals surface area contributed by atoms with E-state index in [9.17, 15) is 32.7 Å². The maximum absolute atomic E-state index is 14.9. The number of carbonyl (C=O) groups is 2. The molecule has 54 heavy (non-hydrogen) atoms. The number of aromatic nitrogens is 6. The number of nitrogens with zero attached hydrogens (tertiary/aromatic N) is 7. The molecule has 2 amide bonds. The molecule has 1 aromatic carbocycles. The number of benzene rings is 1. The van der Waals surface area contributed by atoms with Crippen molar-refractivity contribution >= 4 is 28.9 Å². The van der Waals surface area contributed by atoms with Gasteiger partial charge in [0.05, 0.1) is 30.0 Å². The molecule has 0 radical (unpaired) electrons. The Kier molecular flexibility index (Phi) is 7.55. The summed E-state index contributed by atoms with van der Waals surface area (Å²) >= 11 is 0. The van der Waals surface area contributed by atoms with Crippen LogP contribution in [0.2, 0.25) is 0 Å². The van der Waals surface area contributed by atoms with Crippen molar-refractivity contribution in [1.82, 2.24) is 34.0 Å². The van der Waals surface area contributed by atoms with Crippen molar-refractivity contribution in [3.63, 3.8) is 0 Å². The molecule has 4 aromatic rings. The van der Waals surface area contributed by atoms with Crippen LogP contribution in [0, 0.1) is 25.7 Å². The molecular weight excluding hydrogens is 705 g/mol. The molecule has 3 aromatic heterocycles. The van der Waals surface area contributed by atoms with Crippen LogP contribution in [0.15, 0.2) is 59.7 Å². The highest BCUT2D eigenvalue weighted by molar-refractivity contribution is 5.96. The Morgan fingerprint density at radius 1 is 1.17 bits per heavy atom. The Morgan fingerprint density at radius 2 is 1.98 bits per heavy atom. The first-order chi connectivity index (χ1) is 25.8. The number of aryl methyl sites for hydroxylation is 2. The molecule has 1 spiro atoms. The maximum Gasteiger partial charge on any atom is 0.416 e. The van der Waals surface area contributed by atoms with Crippen molar-refractivity contribution < 1.29 is 32.6 Å². The van der Waals surface area contributed by atoms with Gasteiger partial charge in [-0.2, -0.15) is 22.7 Å². The number of ether oxygens (including phenoxy) is 1. The van der Waals surface area contributed by atoms with E-state index in [1.165, 1.54) is 23.8 Å². The third kappa shape index (κ3) is 4.77. The Bertz CT molecular complexity index is 2450. The fourth-order valence-electron chi connectivity index (χ4n) is 9.25. The molecule has 0 bridgehead atoms. The lowest BCUT2D eigenvalue weighted by atomic mass is 9.49. The molecule has 1 saturated carbocycles. The van der Waals surface area contributed by atoms with Gasteiger partial charge in [0.25, 0.3) is 11.5 Å². The SMILES string of the molecule is C=C1CN(C(=O)c2ncnc(C)c2O)[C@H]2CC[C@H]2[C@@]12c1c(n(CC(=O)Nc3ccc(C(F)(F)F)cc3C)c3nc(C4=CCCOC4)nn3c1=O)[C@H]1C=C[C@H]12. The molecule has 5 atom stereocenters. The summed E-state index contributed by atoms with van der Waals surface area (Å²) < 4.78 is 48.7. The molecule has 13 nitrogen and oxygen atoms in total. The van der Waals surface area contributed by atoms with Crippen LogP contribution >= 0.6 is 0 Å². The van der Waals surface area contributed by atoms with Gasteiger partial charge < -0.3 is 24.6 Å². The van der Waals surface area contributed by atoms with Gasteiger partial charge in [-0.15, -0.1) is 5.10 Å². The topological polar surface area (TPSA) is 157 Å². The van der Waals surface area contributed by atoms with Gasteiger partial charge in [0.15, 0.2) is 17.3 Å². The van der Waals surface area contributed by atoms with Gasteiger partial charge in [0.1, 0.15) is 12.9 Å². The van der Waals surface area contributed by atoms with Gasteiger partial charge in [-0.1, -0.05) is 24.8 Å². The number of nitrogens with one attached hydrogen (secondary N) is 1. The lowest BCUT2D eigenvalue weighted by molar-refractivity contribution is -0.137. The molecule has 0 unspecified atom stereocenters. The van der Waals surface area contributed by atoms with E-state index in [0.29, 0.717) is 54.1 Å². The number of amides is 2. The molecule has 2 aliphatic heterocycles. The van der Waals surface area contributed by atoms with Gasteiger partial charge in [0, 0.05) is 46.8 Å². The van der Waals surface area contributed by atoms with E-state index in [-0.39, 0.29) is 77.7 Å². The summed E-state index contributed by atoms with van der Waals surface area (Å²) in [4.78, 5) is 57.3. The van der Waals surface area contributed by atoms with Crippen LogP contribution in [0.3, 0.4) is 0 Å². The van der Waals surface area contributed by atoms with Gasteiger partial charge in [-0.05, 0) is 68.4 Å². The fourth-order valence-corrected chi connectivity index (χ4v) is 9.25. The van der Waals surface area contributed by atoms with Gasteiger partial charge in [-0.3, -0.25) is 14.4 Å². The molecule has 5 aliphatic rings. The second kappa shape index (κ2) is 11.9. The van der Waals surface area contributed by atoms with E-state index >= 15 is 0 Å². The molecule has 9 rings (SSSR count). The van der Waals surface area contributed by atoms with Crippen molar-refractivity contribution in [3.05, 3.63) is 105 Å². The smallest absolute Gasteiger partial charge is 0.416 e. The summed E-state index contributed by atoms with van der Waals surface area (Å²) in [5.74, 6) is -1.53. The number of fused-ring (bicyclic) bond motifs is 8. The first-order valence-corrected chi connectivity index (χ1v) is 17.8. The molecule has 2 N–H and O–H groups in total. The number of piperidine rings is 1. The summed E-state index contributed by atoms with van der Waals surface area (Å²) in [5, 5.41) is 18.1. The van der Waals surface area contributed by atoms with Crippen LogP contribution in [0.4, 0.5) is 18.9 Å². The monoisotopic (exact) mass is 740 g/mol. The predicted molar refractivity (Wildman–Crippen MR) is 188 cm³/mol. The summed E-state index contributed by atoms with van der Waals surface area (Å²) in [6, 6.07) is 2.84. The van der Waals surface area contributed by atoms with Crippen LogP contribution in [0.25, 0.3) is 11.4 Å². The molecule has 16 heteroatoms. The third-order valence-corrected chi connectivity index (χ3v) is 11.9. The van der Waals surface area contributed by atoms with Crippen molar-refractivity contribution in [3.8, 4) is 5.75 Å². The Balaban J connectivity index is 1.16. The predicted octanol–water partition coefficient (Wildman–Crippen LogP) is 4.48. The zero-order chi connectivity index (χ0) is 37.8.